The van der Waals surface area contributed by atoms with Gasteiger partial charge in [-0.25, -0.2) is 0 Å². The third-order valence-electron chi connectivity index (χ3n) is 3.53. The SMILES string of the molecule is Cc1ccc(N(C)C(=O)Cc2ccc(C#N)cc2)c(C)c1. The second kappa shape index (κ2) is 6.23. The van der Waals surface area contributed by atoms with E-state index in [1.165, 1.54) is 5.56 Å². The van der Waals surface area contributed by atoms with E-state index >= 15 is 0 Å². The molecule has 0 saturated heterocycles. The lowest BCUT2D eigenvalue weighted by Gasteiger charge is -2.20. The van der Waals surface area contributed by atoms with E-state index in [0.717, 1.165) is 16.8 Å². The Kier molecular flexibility index (Phi) is 4.39. The van der Waals surface area contributed by atoms with Gasteiger partial charge in [0.15, 0.2) is 0 Å². The molecule has 0 atom stereocenters. The van der Waals surface area contributed by atoms with Crippen LogP contribution in [0.5, 0.6) is 0 Å². The van der Waals surface area contributed by atoms with Crippen molar-refractivity contribution in [3.63, 3.8) is 0 Å². The summed E-state index contributed by atoms with van der Waals surface area (Å²) >= 11 is 0. The third kappa shape index (κ3) is 3.49. The van der Waals surface area contributed by atoms with Crippen molar-refractivity contribution in [2.45, 2.75) is 20.3 Å². The molecule has 0 saturated carbocycles. The number of aryl methyl sites for hydroxylation is 2. The summed E-state index contributed by atoms with van der Waals surface area (Å²) in [6.45, 7) is 4.04. The average molecular weight is 278 g/mol. The predicted octanol–water partition coefficient (Wildman–Crippen LogP) is 3.38. The van der Waals surface area contributed by atoms with E-state index in [1.807, 2.05) is 38.1 Å². The fraction of sp³-hybridized carbons (Fsp3) is 0.222. The van der Waals surface area contributed by atoms with Crippen LogP contribution in [-0.4, -0.2) is 13.0 Å². The molecule has 0 aliphatic carbocycles. The van der Waals surface area contributed by atoms with E-state index in [1.54, 1.807) is 24.1 Å². The monoisotopic (exact) mass is 278 g/mol. The number of amides is 1. The van der Waals surface area contributed by atoms with E-state index in [2.05, 4.69) is 12.1 Å². The van der Waals surface area contributed by atoms with Gasteiger partial charge in [-0.15, -0.1) is 0 Å². The van der Waals surface area contributed by atoms with Crippen LogP contribution in [0.15, 0.2) is 42.5 Å². The molecule has 0 unspecified atom stereocenters. The summed E-state index contributed by atoms with van der Waals surface area (Å²) in [5, 5.41) is 8.78. The average Bonchev–Trinajstić information content (AvgIpc) is 2.47. The van der Waals surface area contributed by atoms with Crippen LogP contribution >= 0.6 is 0 Å². The minimum absolute atomic E-state index is 0.0339. The minimum atomic E-state index is 0.0339. The molecule has 3 nitrogen and oxygen atoms in total. The van der Waals surface area contributed by atoms with Crippen molar-refractivity contribution in [3.05, 3.63) is 64.7 Å². The van der Waals surface area contributed by atoms with Gasteiger partial charge >= 0.3 is 0 Å². The number of hydrogen-bond acceptors (Lipinski definition) is 2. The number of carbonyl (C=O) groups is 1. The van der Waals surface area contributed by atoms with Crippen LogP contribution in [0.4, 0.5) is 5.69 Å². The highest BCUT2D eigenvalue weighted by Gasteiger charge is 2.13. The van der Waals surface area contributed by atoms with E-state index in [0.29, 0.717) is 12.0 Å². The Bertz CT molecular complexity index is 696. The quantitative estimate of drug-likeness (QED) is 0.864. The topological polar surface area (TPSA) is 44.1 Å². The molecule has 0 bridgehead atoms. The number of hydrogen-bond donors (Lipinski definition) is 0. The van der Waals surface area contributed by atoms with Crippen molar-refractivity contribution in [3.8, 4) is 6.07 Å². The van der Waals surface area contributed by atoms with E-state index in [4.69, 9.17) is 5.26 Å². The number of nitrogens with zero attached hydrogens (tertiary/aromatic N) is 2. The highest BCUT2D eigenvalue weighted by atomic mass is 16.2. The second-order valence-corrected chi connectivity index (χ2v) is 5.23. The lowest BCUT2D eigenvalue weighted by molar-refractivity contribution is -0.117. The van der Waals surface area contributed by atoms with Crippen molar-refractivity contribution in [2.75, 3.05) is 11.9 Å². The molecule has 2 aromatic rings. The lowest BCUT2D eigenvalue weighted by Crippen LogP contribution is -2.28. The Balaban J connectivity index is 2.13. The standard InChI is InChI=1S/C18H18N2O/c1-13-4-9-17(14(2)10-13)20(3)18(21)11-15-5-7-16(12-19)8-6-15/h4-10H,11H2,1-3H3. The van der Waals surface area contributed by atoms with Gasteiger partial charge in [0.1, 0.15) is 0 Å². The molecular weight excluding hydrogens is 260 g/mol. The molecule has 0 radical (unpaired) electrons. The fourth-order valence-corrected chi connectivity index (χ4v) is 2.31. The lowest BCUT2D eigenvalue weighted by atomic mass is 10.1. The molecule has 1 amide bonds. The number of nitriles is 1. The Morgan fingerprint density at radius 2 is 1.81 bits per heavy atom. The van der Waals surface area contributed by atoms with Crippen LogP contribution in [0.2, 0.25) is 0 Å². The summed E-state index contributed by atoms with van der Waals surface area (Å²) in [7, 11) is 1.80. The maximum Gasteiger partial charge on any atom is 0.231 e. The molecule has 21 heavy (non-hydrogen) atoms. The Morgan fingerprint density at radius 3 is 2.38 bits per heavy atom. The third-order valence-corrected chi connectivity index (χ3v) is 3.53. The van der Waals surface area contributed by atoms with Crippen LogP contribution in [0.1, 0.15) is 22.3 Å². The summed E-state index contributed by atoms with van der Waals surface area (Å²) in [5.74, 6) is 0.0339. The maximum atomic E-state index is 12.4. The Labute approximate surface area is 125 Å². The summed E-state index contributed by atoms with van der Waals surface area (Å²) in [4.78, 5) is 14.1. The molecule has 3 heteroatoms. The molecule has 0 aliphatic rings. The first kappa shape index (κ1) is 14.8. The van der Waals surface area contributed by atoms with Gasteiger partial charge in [0.25, 0.3) is 0 Å². The Hall–Kier alpha value is -2.60. The highest BCUT2D eigenvalue weighted by molar-refractivity contribution is 5.95. The second-order valence-electron chi connectivity index (χ2n) is 5.23. The number of benzene rings is 2. The number of likely N-dealkylation sites (N-methyl/N-ethyl adjacent to an activating group) is 1. The van der Waals surface area contributed by atoms with Crippen LogP contribution < -0.4 is 4.90 Å². The van der Waals surface area contributed by atoms with E-state index in [9.17, 15) is 4.79 Å². The molecule has 106 valence electrons. The maximum absolute atomic E-state index is 12.4. The Morgan fingerprint density at radius 1 is 1.14 bits per heavy atom. The van der Waals surface area contributed by atoms with E-state index in [-0.39, 0.29) is 5.91 Å². The van der Waals surface area contributed by atoms with Crippen LogP contribution in [0.25, 0.3) is 0 Å². The van der Waals surface area contributed by atoms with Gasteiger partial charge in [-0.2, -0.15) is 5.26 Å². The minimum Gasteiger partial charge on any atom is -0.315 e. The van der Waals surface area contributed by atoms with Gasteiger partial charge in [0.05, 0.1) is 18.1 Å². The van der Waals surface area contributed by atoms with Gasteiger partial charge in [-0.1, -0.05) is 29.8 Å². The van der Waals surface area contributed by atoms with Crippen molar-refractivity contribution in [2.24, 2.45) is 0 Å². The molecular formula is C18H18N2O. The summed E-state index contributed by atoms with van der Waals surface area (Å²) in [6.07, 6.45) is 0.329. The van der Waals surface area contributed by atoms with Crippen molar-refractivity contribution in [1.29, 1.82) is 5.26 Å². The number of carbonyl (C=O) groups excluding carboxylic acids is 1. The molecule has 0 aliphatic heterocycles. The molecule has 0 fully saturated rings. The van der Waals surface area contributed by atoms with Gasteiger partial charge in [0.2, 0.25) is 5.91 Å². The fourth-order valence-electron chi connectivity index (χ4n) is 2.31. The first-order valence-corrected chi connectivity index (χ1v) is 6.84. The largest absolute Gasteiger partial charge is 0.315 e. The van der Waals surface area contributed by atoms with Gasteiger partial charge in [0, 0.05) is 12.7 Å². The van der Waals surface area contributed by atoms with Crippen LogP contribution in [-0.2, 0) is 11.2 Å². The summed E-state index contributed by atoms with van der Waals surface area (Å²) < 4.78 is 0. The summed E-state index contributed by atoms with van der Waals surface area (Å²) in [5.41, 5.74) is 4.72. The number of rotatable bonds is 3. The zero-order valence-corrected chi connectivity index (χ0v) is 12.6. The molecule has 0 aromatic heterocycles. The highest BCUT2D eigenvalue weighted by Crippen LogP contribution is 2.20. The van der Waals surface area contributed by atoms with Gasteiger partial charge < -0.3 is 4.90 Å². The van der Waals surface area contributed by atoms with Gasteiger partial charge in [-0.3, -0.25) is 4.79 Å². The molecule has 2 aromatic carbocycles. The van der Waals surface area contributed by atoms with Crippen LogP contribution in [0, 0.1) is 25.2 Å². The number of anilines is 1. The van der Waals surface area contributed by atoms with Crippen molar-refractivity contribution >= 4 is 11.6 Å². The summed E-state index contributed by atoms with van der Waals surface area (Å²) in [6, 6.07) is 15.2. The molecule has 0 heterocycles. The smallest absolute Gasteiger partial charge is 0.231 e. The van der Waals surface area contributed by atoms with Crippen LogP contribution in [0.3, 0.4) is 0 Å². The first-order chi connectivity index (χ1) is 10.0. The molecule has 0 spiro atoms. The first-order valence-electron chi connectivity index (χ1n) is 6.84. The molecule has 0 N–H and O–H groups in total. The van der Waals surface area contributed by atoms with Crippen molar-refractivity contribution < 1.29 is 4.79 Å². The zero-order chi connectivity index (χ0) is 15.4. The zero-order valence-electron chi connectivity index (χ0n) is 12.6. The molecule has 2 rings (SSSR count). The predicted molar refractivity (Wildman–Crippen MR) is 84.2 cm³/mol. The van der Waals surface area contributed by atoms with Crippen molar-refractivity contribution in [1.82, 2.24) is 0 Å². The van der Waals surface area contributed by atoms with Gasteiger partial charge in [-0.05, 0) is 43.2 Å². The van der Waals surface area contributed by atoms with E-state index < -0.39 is 0 Å². The normalized spacial score (nSPS) is 10.0.